The highest BCUT2D eigenvalue weighted by molar-refractivity contribution is 5.87. The average Bonchev–Trinajstić information content (AvgIpc) is 3.35. The molecule has 8 nitrogen and oxygen atoms in total. The first-order valence-electron chi connectivity index (χ1n) is 22.0. The summed E-state index contributed by atoms with van der Waals surface area (Å²) in [6, 6.07) is 50.5. The number of carbonyl (C=O) groups is 4. The maximum Gasteiger partial charge on any atom is 0.330 e. The van der Waals surface area contributed by atoms with Gasteiger partial charge in [0, 0.05) is 24.0 Å². The van der Waals surface area contributed by atoms with Crippen molar-refractivity contribution in [2.24, 2.45) is 11.8 Å². The summed E-state index contributed by atoms with van der Waals surface area (Å²) < 4.78 is 19.1. The van der Waals surface area contributed by atoms with Crippen molar-refractivity contribution in [2.45, 2.75) is 46.5 Å². The van der Waals surface area contributed by atoms with Crippen molar-refractivity contribution >= 4 is 48.2 Å². The zero-order valence-electron chi connectivity index (χ0n) is 40.0. The Hall–Kier alpha value is -7.58. The highest BCUT2D eigenvalue weighted by Crippen LogP contribution is 2.58. The van der Waals surface area contributed by atoms with E-state index >= 15 is 0 Å². The Morgan fingerprint density at radius 1 is 0.343 bits per heavy atom. The third-order valence-electron chi connectivity index (χ3n) is 11.1. The number of esters is 4. The number of carbonyl (C=O) groups excluding carboxylic acids is 4. The third-order valence-corrected chi connectivity index (χ3v) is 11.1. The average molecular weight is 899 g/mol. The maximum absolute atomic E-state index is 12.6. The van der Waals surface area contributed by atoms with Crippen molar-refractivity contribution in [1.29, 1.82) is 0 Å². The van der Waals surface area contributed by atoms with Gasteiger partial charge in [0.05, 0.1) is 40.3 Å². The molecule has 7 rings (SSSR count). The van der Waals surface area contributed by atoms with E-state index in [1.54, 1.807) is 12.2 Å². The Morgan fingerprint density at radius 3 is 0.896 bits per heavy atom. The lowest BCUT2D eigenvalue weighted by atomic mass is 9.52. The van der Waals surface area contributed by atoms with Crippen LogP contribution in [-0.2, 0) is 38.1 Å². The lowest BCUT2D eigenvalue weighted by Crippen LogP contribution is -2.51. The van der Waals surface area contributed by atoms with E-state index in [4.69, 9.17) is 9.47 Å². The van der Waals surface area contributed by atoms with Crippen molar-refractivity contribution in [3.8, 4) is 0 Å². The normalized spacial score (nSPS) is 15.9. The summed E-state index contributed by atoms with van der Waals surface area (Å²) in [6.07, 6.45) is 10.5. The summed E-state index contributed by atoms with van der Waals surface area (Å²) in [5.74, 6) is -2.56. The van der Waals surface area contributed by atoms with Gasteiger partial charge < -0.3 is 18.9 Å². The minimum absolute atomic E-state index is 0.248. The molecule has 6 aromatic rings. The molecular formula is C59H62O8. The van der Waals surface area contributed by atoms with Gasteiger partial charge in [0.25, 0.3) is 0 Å². The Balaban J connectivity index is 0.000000207. The molecule has 1 aliphatic rings. The molecule has 0 atom stereocenters. The minimum atomic E-state index is -0.408. The van der Waals surface area contributed by atoms with Crippen molar-refractivity contribution in [1.82, 2.24) is 0 Å². The molecule has 0 bridgehead atoms. The van der Waals surface area contributed by atoms with Gasteiger partial charge in [-0.15, -0.1) is 0 Å². The van der Waals surface area contributed by atoms with E-state index in [0.717, 1.165) is 33.4 Å². The van der Waals surface area contributed by atoms with Crippen LogP contribution in [0, 0.1) is 46.5 Å². The molecule has 0 aliphatic heterocycles. The topological polar surface area (TPSA) is 105 Å². The van der Waals surface area contributed by atoms with E-state index in [1.165, 1.54) is 68.4 Å². The van der Waals surface area contributed by atoms with Gasteiger partial charge in [-0.2, -0.15) is 0 Å². The van der Waals surface area contributed by atoms with E-state index in [1.807, 2.05) is 124 Å². The van der Waals surface area contributed by atoms with Crippen LogP contribution in [0.5, 0.6) is 0 Å². The van der Waals surface area contributed by atoms with Gasteiger partial charge in [-0.3, -0.25) is 9.59 Å². The van der Waals surface area contributed by atoms with Crippen molar-refractivity contribution < 1.29 is 38.1 Å². The zero-order valence-corrected chi connectivity index (χ0v) is 40.0. The molecule has 8 heteroatoms. The number of benzene rings is 6. The Bertz CT molecular complexity index is 2430. The first-order valence-corrected chi connectivity index (χ1v) is 22.0. The molecule has 0 saturated heterocycles. The Labute approximate surface area is 396 Å². The van der Waals surface area contributed by atoms with E-state index in [-0.39, 0.29) is 35.7 Å². The molecule has 346 valence electrons. The summed E-state index contributed by atoms with van der Waals surface area (Å²) in [5, 5.41) is 0. The first-order chi connectivity index (χ1) is 32.3. The number of hydrogen-bond donors (Lipinski definition) is 0. The predicted molar refractivity (Wildman–Crippen MR) is 270 cm³/mol. The molecule has 0 radical (unpaired) electrons. The van der Waals surface area contributed by atoms with Crippen LogP contribution < -0.4 is 0 Å². The molecule has 0 aromatic heterocycles. The predicted octanol–water partition coefficient (Wildman–Crippen LogP) is 12.3. The number of rotatable bonds is 10. The second-order valence-corrected chi connectivity index (χ2v) is 16.2. The van der Waals surface area contributed by atoms with Gasteiger partial charge in [0.1, 0.15) is 0 Å². The number of hydrogen-bond acceptors (Lipinski definition) is 8. The van der Waals surface area contributed by atoms with E-state index in [0.29, 0.717) is 0 Å². The third kappa shape index (κ3) is 16.7. The fraction of sp³-hybridized carbons (Fsp3) is 0.220. The summed E-state index contributed by atoms with van der Waals surface area (Å²) in [7, 11) is 5.51. The SMILES string of the molecule is COC(=O)/C=C/c1ccccc1.COC(=O)/C=C\c1ccc(C)cc1.COC(=O)C1C(c2ccc(C)cc2)C(C(=O)OC)C1c1ccc(C)cc1.Cc1ccc(/C=C/c2ccc(C)cc2)cc1. The molecular weight excluding hydrogens is 837 g/mol. The number of ether oxygens (including phenoxy) is 4. The van der Waals surface area contributed by atoms with Gasteiger partial charge in [-0.05, 0) is 80.2 Å². The minimum Gasteiger partial charge on any atom is -0.469 e. The summed E-state index contributed by atoms with van der Waals surface area (Å²) in [4.78, 5) is 46.6. The quantitative estimate of drug-likeness (QED) is 0.0579. The van der Waals surface area contributed by atoms with Crippen LogP contribution in [0.2, 0.25) is 0 Å². The largest absolute Gasteiger partial charge is 0.469 e. The van der Waals surface area contributed by atoms with Crippen LogP contribution >= 0.6 is 0 Å². The van der Waals surface area contributed by atoms with Crippen LogP contribution in [0.25, 0.3) is 24.3 Å². The van der Waals surface area contributed by atoms with Crippen LogP contribution in [0.1, 0.15) is 73.0 Å². The number of methoxy groups -OCH3 is 4. The fourth-order valence-electron chi connectivity index (χ4n) is 7.27. The van der Waals surface area contributed by atoms with Gasteiger partial charge in [0.2, 0.25) is 0 Å². The maximum atomic E-state index is 12.6. The lowest BCUT2D eigenvalue weighted by Gasteiger charge is -2.49. The van der Waals surface area contributed by atoms with Crippen LogP contribution in [0.4, 0.5) is 0 Å². The van der Waals surface area contributed by atoms with Crippen LogP contribution in [0.3, 0.4) is 0 Å². The lowest BCUT2D eigenvalue weighted by molar-refractivity contribution is -0.164. The van der Waals surface area contributed by atoms with E-state index in [9.17, 15) is 19.2 Å². The second-order valence-electron chi connectivity index (χ2n) is 16.2. The molecule has 0 unspecified atom stereocenters. The molecule has 0 heterocycles. The molecule has 0 amide bonds. The molecule has 67 heavy (non-hydrogen) atoms. The van der Waals surface area contributed by atoms with Gasteiger partial charge in [0.15, 0.2) is 0 Å². The summed E-state index contributed by atoms with van der Waals surface area (Å²) >= 11 is 0. The van der Waals surface area contributed by atoms with Gasteiger partial charge >= 0.3 is 23.9 Å². The Morgan fingerprint density at radius 2 is 0.612 bits per heavy atom. The monoisotopic (exact) mass is 898 g/mol. The highest BCUT2D eigenvalue weighted by atomic mass is 16.5. The van der Waals surface area contributed by atoms with Crippen LogP contribution in [-0.4, -0.2) is 52.3 Å². The molecule has 1 fully saturated rings. The van der Waals surface area contributed by atoms with Crippen LogP contribution in [0.15, 0.2) is 164 Å². The first kappa shape index (κ1) is 52.0. The fourth-order valence-corrected chi connectivity index (χ4v) is 7.27. The highest BCUT2D eigenvalue weighted by Gasteiger charge is 2.59. The zero-order chi connectivity index (χ0) is 48.7. The molecule has 0 spiro atoms. The molecule has 0 N–H and O–H groups in total. The van der Waals surface area contributed by atoms with Gasteiger partial charge in [-0.1, -0.05) is 192 Å². The standard InChI is InChI=1S/C22H24O4.C16H16.C11H12O2.C10H10O2/c1-13-5-9-15(10-6-13)17-19(21(23)25-3)18(20(17)22(24)26-4)16-11-7-14(2)8-12-16;1-13-3-7-15(8-4-13)11-12-16-9-5-14(2)6-10-16;1-9-3-5-10(6-4-9)7-8-11(12)13-2;1-12-10(11)8-7-9-5-3-2-4-6-9/h5-12,17-20H,1-4H3;3-12H,1-2H3;3-8H,1-2H3;2-8H,1H3/b;12-11+;8-7-;8-7+. The summed E-state index contributed by atoms with van der Waals surface area (Å²) in [5.41, 5.74) is 12.5. The molecule has 1 aliphatic carbocycles. The van der Waals surface area contributed by atoms with Crippen molar-refractivity contribution in [2.75, 3.05) is 28.4 Å². The van der Waals surface area contributed by atoms with Crippen molar-refractivity contribution in [3.05, 3.63) is 225 Å². The smallest absolute Gasteiger partial charge is 0.330 e. The Kier molecular flexibility index (Phi) is 21.0. The second kappa shape index (κ2) is 27.0. The molecule has 1 saturated carbocycles. The van der Waals surface area contributed by atoms with E-state index < -0.39 is 11.8 Å². The van der Waals surface area contributed by atoms with E-state index in [2.05, 4.69) is 84.0 Å². The summed E-state index contributed by atoms with van der Waals surface area (Å²) in [6.45, 7) is 10.2. The number of aryl methyl sites for hydroxylation is 5. The van der Waals surface area contributed by atoms with Gasteiger partial charge in [-0.25, -0.2) is 9.59 Å². The van der Waals surface area contributed by atoms with Crippen molar-refractivity contribution in [3.63, 3.8) is 0 Å². The molecule has 6 aromatic carbocycles.